The molecule has 0 bridgehead atoms. The first kappa shape index (κ1) is 4.13. The first-order valence-corrected chi connectivity index (χ1v) is 2.05. The number of hydrogen-bond donors (Lipinski definition) is 1. The van der Waals surface area contributed by atoms with Crippen LogP contribution in [0.15, 0.2) is 0 Å². The Labute approximate surface area is 40.4 Å². The molecule has 0 aromatic heterocycles. The molecule has 1 nitrogen and oxygen atoms in total. The molecule has 0 rings (SSSR count). The molecule has 0 aromatic carbocycles. The van der Waals surface area contributed by atoms with Crippen molar-refractivity contribution < 1.29 is 6.48 Å². The predicted molar refractivity (Wildman–Crippen MR) is 26.5 cm³/mol. The molecule has 0 spiro atoms. The monoisotopic (exact) mass is 89.1 g/mol. The van der Waals surface area contributed by atoms with Crippen molar-refractivity contribution in [3.63, 3.8) is 0 Å². The molecule has 6 heavy (non-hydrogen) atoms. The standard InChI is InChI=1S/C5H12O/c1-5(2,3)4-6/h6H,4H2,1-3H3/i4D/t4-/m1/s1. The third-order valence-electron chi connectivity index (χ3n) is 0.387. The lowest BCUT2D eigenvalue weighted by Crippen LogP contribution is -2.09. The molecule has 38 valence electrons. The molecule has 0 unspecified atom stereocenters. The minimum absolute atomic E-state index is 0.278. The Morgan fingerprint density at radius 3 is 1.83 bits per heavy atom. The van der Waals surface area contributed by atoms with E-state index in [0.29, 0.717) is 0 Å². The first-order chi connectivity index (χ1) is 2.94. The van der Waals surface area contributed by atoms with E-state index in [2.05, 4.69) is 0 Å². The fourth-order valence-corrected chi connectivity index (χ4v) is 0. The number of hydrogen-bond acceptors (Lipinski definition) is 1. The minimum atomic E-state index is -0.951. The van der Waals surface area contributed by atoms with Gasteiger partial charge in [0.1, 0.15) is 0 Å². The molecule has 0 radical (unpaired) electrons. The second-order valence-electron chi connectivity index (χ2n) is 2.50. The van der Waals surface area contributed by atoms with E-state index in [1.165, 1.54) is 0 Å². The summed E-state index contributed by atoms with van der Waals surface area (Å²) in [7, 11) is 0. The van der Waals surface area contributed by atoms with Crippen molar-refractivity contribution in [2.45, 2.75) is 20.8 Å². The zero-order chi connectivity index (χ0) is 6.08. The number of aliphatic hydroxyl groups is 1. The average molecular weight is 89.2 g/mol. The van der Waals surface area contributed by atoms with Crippen molar-refractivity contribution in [1.82, 2.24) is 0 Å². The van der Waals surface area contributed by atoms with Crippen molar-refractivity contribution in [2.24, 2.45) is 5.41 Å². The van der Waals surface area contributed by atoms with E-state index in [1.807, 2.05) is 20.8 Å². The largest absolute Gasteiger partial charge is 0.396 e. The molecule has 1 heteroatoms. The second-order valence-corrected chi connectivity index (χ2v) is 2.50. The van der Waals surface area contributed by atoms with Gasteiger partial charge in [-0.25, -0.2) is 0 Å². The Balaban J connectivity index is 3.54. The van der Waals surface area contributed by atoms with E-state index in [0.717, 1.165) is 0 Å². The number of rotatable bonds is 0. The van der Waals surface area contributed by atoms with Crippen LogP contribution >= 0.6 is 0 Å². The van der Waals surface area contributed by atoms with Crippen molar-refractivity contribution in [1.29, 1.82) is 0 Å². The number of aliphatic hydroxyl groups excluding tert-OH is 1. The summed E-state index contributed by atoms with van der Waals surface area (Å²) in [5.41, 5.74) is -0.278. The van der Waals surface area contributed by atoms with Crippen LogP contribution in [0.1, 0.15) is 22.1 Å². The van der Waals surface area contributed by atoms with Crippen LogP contribution in [0.5, 0.6) is 0 Å². The van der Waals surface area contributed by atoms with E-state index in [-0.39, 0.29) is 5.41 Å². The quantitative estimate of drug-likeness (QED) is 0.470. The van der Waals surface area contributed by atoms with Crippen LogP contribution in [0.4, 0.5) is 0 Å². The van der Waals surface area contributed by atoms with Crippen LogP contribution in [0.2, 0.25) is 0 Å². The Morgan fingerprint density at radius 1 is 1.67 bits per heavy atom. The van der Waals surface area contributed by atoms with Gasteiger partial charge in [-0.3, -0.25) is 0 Å². The molecule has 0 aliphatic heterocycles. The van der Waals surface area contributed by atoms with Gasteiger partial charge in [-0.15, -0.1) is 0 Å². The fourth-order valence-electron chi connectivity index (χ4n) is 0. The lowest BCUT2D eigenvalue weighted by atomic mass is 9.99. The summed E-state index contributed by atoms with van der Waals surface area (Å²) in [6.07, 6.45) is 0. The van der Waals surface area contributed by atoms with Gasteiger partial charge in [0.25, 0.3) is 0 Å². The Morgan fingerprint density at radius 2 is 1.83 bits per heavy atom. The minimum Gasteiger partial charge on any atom is -0.396 e. The van der Waals surface area contributed by atoms with Gasteiger partial charge in [-0.05, 0) is 5.41 Å². The van der Waals surface area contributed by atoms with Gasteiger partial charge >= 0.3 is 0 Å². The Kier molecular flexibility index (Phi) is 1.10. The molecule has 0 heterocycles. The maximum absolute atomic E-state index is 8.56. The van der Waals surface area contributed by atoms with Crippen molar-refractivity contribution in [3.8, 4) is 0 Å². The van der Waals surface area contributed by atoms with Crippen LogP contribution in [-0.4, -0.2) is 11.7 Å². The van der Waals surface area contributed by atoms with E-state index < -0.39 is 6.58 Å². The van der Waals surface area contributed by atoms with Crippen LogP contribution in [-0.2, 0) is 0 Å². The summed E-state index contributed by atoms with van der Waals surface area (Å²) in [6, 6.07) is 0. The van der Waals surface area contributed by atoms with Gasteiger partial charge in [0.15, 0.2) is 0 Å². The highest BCUT2D eigenvalue weighted by atomic mass is 16.3. The normalized spacial score (nSPS) is 19.7. The van der Waals surface area contributed by atoms with E-state index in [9.17, 15) is 0 Å². The van der Waals surface area contributed by atoms with E-state index >= 15 is 0 Å². The second kappa shape index (κ2) is 1.61. The molecular formula is C5H12O. The Hall–Kier alpha value is -0.0400. The molecule has 0 aromatic rings. The zero-order valence-corrected chi connectivity index (χ0v) is 4.52. The van der Waals surface area contributed by atoms with Crippen molar-refractivity contribution >= 4 is 0 Å². The molecule has 0 fully saturated rings. The van der Waals surface area contributed by atoms with Crippen LogP contribution < -0.4 is 0 Å². The topological polar surface area (TPSA) is 20.2 Å². The summed E-state index contributed by atoms with van der Waals surface area (Å²) in [4.78, 5) is 0. The lowest BCUT2D eigenvalue weighted by molar-refractivity contribution is 0.177. The maximum atomic E-state index is 8.56. The SMILES string of the molecule is [2H][C@@H](O)C(C)(C)C. The lowest BCUT2D eigenvalue weighted by Gasteiger charge is -2.11. The summed E-state index contributed by atoms with van der Waals surface area (Å²) in [5, 5.41) is 8.56. The fraction of sp³-hybridized carbons (Fsp3) is 1.00. The first-order valence-electron chi connectivity index (χ1n) is 2.62. The highest BCUT2D eigenvalue weighted by Gasteiger charge is 2.05. The van der Waals surface area contributed by atoms with Gasteiger partial charge in [0, 0.05) is 6.58 Å². The maximum Gasteiger partial charge on any atom is 0.0569 e. The molecule has 1 atom stereocenters. The molecule has 0 amide bonds. The predicted octanol–water partition coefficient (Wildman–Crippen LogP) is 1.02. The highest BCUT2D eigenvalue weighted by molar-refractivity contribution is 4.55. The molecule has 0 aliphatic rings. The third kappa shape index (κ3) is 3.96. The summed E-state index contributed by atoms with van der Waals surface area (Å²) >= 11 is 0. The smallest absolute Gasteiger partial charge is 0.0569 e. The van der Waals surface area contributed by atoms with Gasteiger partial charge in [0.2, 0.25) is 0 Å². The third-order valence-corrected chi connectivity index (χ3v) is 0.387. The zero-order valence-electron chi connectivity index (χ0n) is 5.52. The molecule has 1 N–H and O–H groups in total. The summed E-state index contributed by atoms with van der Waals surface area (Å²) < 4.78 is 6.78. The van der Waals surface area contributed by atoms with Crippen LogP contribution in [0.3, 0.4) is 0 Å². The molecule has 0 saturated heterocycles. The highest BCUT2D eigenvalue weighted by Crippen LogP contribution is 2.09. The van der Waals surface area contributed by atoms with Crippen LogP contribution in [0.25, 0.3) is 0 Å². The molecule has 0 aliphatic carbocycles. The summed E-state index contributed by atoms with van der Waals surface area (Å²) in [5.74, 6) is 0. The van der Waals surface area contributed by atoms with Crippen molar-refractivity contribution in [2.75, 3.05) is 6.58 Å². The summed E-state index contributed by atoms with van der Waals surface area (Å²) in [6.45, 7) is 4.52. The molecular weight excluding hydrogens is 76.1 g/mol. The average Bonchev–Trinajstić information content (AvgIpc) is 1.31. The van der Waals surface area contributed by atoms with Gasteiger partial charge in [0.05, 0.1) is 1.37 Å². The van der Waals surface area contributed by atoms with E-state index in [4.69, 9.17) is 6.48 Å². The van der Waals surface area contributed by atoms with Crippen molar-refractivity contribution in [3.05, 3.63) is 0 Å². The Bertz CT molecular complexity index is 53.6. The van der Waals surface area contributed by atoms with Gasteiger partial charge < -0.3 is 5.11 Å². The van der Waals surface area contributed by atoms with Crippen LogP contribution in [0, 0.1) is 5.41 Å². The molecule has 0 saturated carbocycles. The van der Waals surface area contributed by atoms with Gasteiger partial charge in [-0.1, -0.05) is 20.8 Å². The van der Waals surface area contributed by atoms with Gasteiger partial charge in [-0.2, -0.15) is 0 Å². The van der Waals surface area contributed by atoms with E-state index in [1.54, 1.807) is 0 Å².